The Morgan fingerprint density at radius 2 is 1.82 bits per heavy atom. The van der Waals surface area contributed by atoms with Crippen LogP contribution in [0.3, 0.4) is 0 Å². The molecule has 1 atom stereocenters. The fourth-order valence-electron chi connectivity index (χ4n) is 1.79. The summed E-state index contributed by atoms with van der Waals surface area (Å²) in [4.78, 5) is 23.3. The van der Waals surface area contributed by atoms with Crippen molar-refractivity contribution in [3.8, 4) is 0 Å². The van der Waals surface area contributed by atoms with E-state index in [0.29, 0.717) is 12.3 Å². The van der Waals surface area contributed by atoms with Crippen LogP contribution in [0.1, 0.15) is 39.7 Å². The first kappa shape index (κ1) is 18.0. The lowest BCUT2D eigenvalue weighted by Crippen LogP contribution is -2.39. The molecule has 5 heteroatoms. The maximum absolute atomic E-state index is 11.9. The number of rotatable bonds is 7. The van der Waals surface area contributed by atoms with Crippen molar-refractivity contribution in [2.75, 3.05) is 17.2 Å². The summed E-state index contributed by atoms with van der Waals surface area (Å²) in [5.41, 5.74) is 2.61. The molecule has 0 aliphatic rings. The lowest BCUT2D eigenvalue weighted by atomic mass is 10.1. The third-order valence-electron chi connectivity index (χ3n) is 3.67. The van der Waals surface area contributed by atoms with E-state index in [0.717, 1.165) is 16.9 Å². The zero-order valence-electron chi connectivity index (χ0n) is 14.1. The van der Waals surface area contributed by atoms with E-state index in [1.807, 2.05) is 39.0 Å². The van der Waals surface area contributed by atoms with Gasteiger partial charge in [-0.05, 0) is 37.5 Å². The fourth-order valence-corrected chi connectivity index (χ4v) is 1.79. The Hall–Kier alpha value is -2.04. The predicted octanol–water partition coefficient (Wildman–Crippen LogP) is 2.92. The molecule has 0 aliphatic carbocycles. The minimum Gasteiger partial charge on any atom is -0.376 e. The number of carbonyl (C=O) groups excluding carboxylic acids is 2. The quantitative estimate of drug-likeness (QED) is 0.725. The molecule has 0 unspecified atom stereocenters. The zero-order valence-corrected chi connectivity index (χ0v) is 14.1. The average molecular weight is 305 g/mol. The Morgan fingerprint density at radius 1 is 1.14 bits per heavy atom. The second kappa shape index (κ2) is 8.41. The second-order valence-electron chi connectivity index (χ2n) is 5.89. The van der Waals surface area contributed by atoms with Crippen LogP contribution in [0.25, 0.3) is 0 Å². The molecule has 1 aromatic rings. The van der Waals surface area contributed by atoms with Crippen LogP contribution in [0.5, 0.6) is 0 Å². The van der Waals surface area contributed by atoms with Crippen LogP contribution in [-0.4, -0.2) is 24.4 Å². The Balaban J connectivity index is 2.63. The topological polar surface area (TPSA) is 70.2 Å². The molecule has 1 aromatic carbocycles. The van der Waals surface area contributed by atoms with Gasteiger partial charge >= 0.3 is 0 Å². The first-order valence-corrected chi connectivity index (χ1v) is 7.77. The number of anilines is 2. The lowest BCUT2D eigenvalue weighted by molar-refractivity contribution is -0.120. The molecule has 2 amide bonds. The van der Waals surface area contributed by atoms with E-state index in [-0.39, 0.29) is 24.4 Å². The number of benzene rings is 1. The molecule has 3 N–H and O–H groups in total. The molecule has 1 rings (SSSR count). The van der Waals surface area contributed by atoms with Crippen LogP contribution >= 0.6 is 0 Å². The first-order valence-electron chi connectivity index (χ1n) is 7.77. The highest BCUT2D eigenvalue weighted by Gasteiger charge is 2.11. The van der Waals surface area contributed by atoms with Gasteiger partial charge in [0.1, 0.15) is 0 Å². The maximum Gasteiger partial charge on any atom is 0.239 e. The minimum atomic E-state index is -0.0383. The van der Waals surface area contributed by atoms with Gasteiger partial charge in [0.25, 0.3) is 0 Å². The van der Waals surface area contributed by atoms with E-state index in [9.17, 15) is 9.59 Å². The molecular formula is C17H27N3O2. The smallest absolute Gasteiger partial charge is 0.239 e. The van der Waals surface area contributed by atoms with Gasteiger partial charge in [-0.3, -0.25) is 9.59 Å². The molecule has 0 bridgehead atoms. The average Bonchev–Trinajstić information content (AvgIpc) is 2.47. The van der Waals surface area contributed by atoms with Crippen molar-refractivity contribution in [1.82, 2.24) is 5.32 Å². The first-order chi connectivity index (χ1) is 10.3. The molecule has 0 aliphatic heterocycles. The highest BCUT2D eigenvalue weighted by Crippen LogP contribution is 2.20. The summed E-state index contributed by atoms with van der Waals surface area (Å²) in [6.07, 6.45) is 0.437. The number of nitrogens with one attached hydrogen (secondary N) is 3. The molecule has 0 fully saturated rings. The normalized spacial score (nSPS) is 11.9. The third-order valence-corrected chi connectivity index (χ3v) is 3.67. The minimum absolute atomic E-state index is 0.0293. The summed E-state index contributed by atoms with van der Waals surface area (Å²) < 4.78 is 0. The second-order valence-corrected chi connectivity index (χ2v) is 5.89. The zero-order chi connectivity index (χ0) is 16.7. The van der Waals surface area contributed by atoms with Gasteiger partial charge < -0.3 is 16.0 Å². The molecular weight excluding hydrogens is 278 g/mol. The highest BCUT2D eigenvalue weighted by molar-refractivity contribution is 5.91. The van der Waals surface area contributed by atoms with Gasteiger partial charge in [0.05, 0.1) is 6.54 Å². The molecule has 0 spiro atoms. The van der Waals surface area contributed by atoms with Crippen LogP contribution < -0.4 is 16.0 Å². The van der Waals surface area contributed by atoms with Crippen LogP contribution in [0.2, 0.25) is 0 Å². The Morgan fingerprint density at radius 3 is 2.41 bits per heavy atom. The molecule has 22 heavy (non-hydrogen) atoms. The van der Waals surface area contributed by atoms with Gasteiger partial charge in [-0.1, -0.05) is 26.8 Å². The molecule has 0 aromatic heterocycles. The SMILES string of the molecule is CCC(=O)Nc1ccc(C)c(NCC(=O)N[C@@H](C)C(C)C)c1. The highest BCUT2D eigenvalue weighted by atomic mass is 16.2. The van der Waals surface area contributed by atoms with Crippen LogP contribution in [-0.2, 0) is 9.59 Å². The van der Waals surface area contributed by atoms with Gasteiger partial charge in [-0.15, -0.1) is 0 Å². The third kappa shape index (κ3) is 5.76. The molecule has 122 valence electrons. The van der Waals surface area contributed by atoms with Crippen LogP contribution in [0.4, 0.5) is 11.4 Å². The maximum atomic E-state index is 11.9. The number of hydrogen-bond donors (Lipinski definition) is 3. The number of hydrogen-bond acceptors (Lipinski definition) is 3. The van der Waals surface area contributed by atoms with Crippen molar-refractivity contribution < 1.29 is 9.59 Å². The molecule has 0 radical (unpaired) electrons. The van der Waals surface area contributed by atoms with Gasteiger partial charge in [0.15, 0.2) is 0 Å². The monoisotopic (exact) mass is 305 g/mol. The van der Waals surface area contributed by atoms with Crippen molar-refractivity contribution in [1.29, 1.82) is 0 Å². The number of amides is 2. The molecule has 0 saturated heterocycles. The lowest BCUT2D eigenvalue weighted by Gasteiger charge is -2.18. The summed E-state index contributed by atoms with van der Waals surface area (Å²) in [5.74, 6) is 0.333. The van der Waals surface area contributed by atoms with E-state index in [1.54, 1.807) is 0 Å². The van der Waals surface area contributed by atoms with E-state index in [1.165, 1.54) is 0 Å². The summed E-state index contributed by atoms with van der Waals surface area (Å²) in [7, 11) is 0. The number of aryl methyl sites for hydroxylation is 1. The Kier molecular flexibility index (Phi) is 6.89. The van der Waals surface area contributed by atoms with Crippen molar-refractivity contribution in [2.24, 2.45) is 5.92 Å². The fraction of sp³-hybridized carbons (Fsp3) is 0.529. The van der Waals surface area contributed by atoms with Crippen LogP contribution in [0.15, 0.2) is 18.2 Å². The van der Waals surface area contributed by atoms with Crippen molar-refractivity contribution in [3.63, 3.8) is 0 Å². The van der Waals surface area contributed by atoms with Gasteiger partial charge in [-0.25, -0.2) is 0 Å². The summed E-state index contributed by atoms with van der Waals surface area (Å²) in [5, 5.41) is 8.89. The number of carbonyl (C=O) groups is 2. The standard InChI is InChI=1S/C17H27N3O2/c1-6-16(21)20-14-8-7-12(4)15(9-14)18-10-17(22)19-13(5)11(2)3/h7-9,11,13,18H,6,10H2,1-5H3,(H,19,22)(H,20,21)/t13-/m0/s1. The Bertz CT molecular complexity index is 527. The van der Waals surface area contributed by atoms with Crippen molar-refractivity contribution in [2.45, 2.75) is 47.1 Å². The summed E-state index contributed by atoms with van der Waals surface area (Å²) in [6.45, 7) is 10.1. The predicted molar refractivity (Wildman–Crippen MR) is 91.0 cm³/mol. The van der Waals surface area contributed by atoms with Crippen molar-refractivity contribution >= 4 is 23.2 Å². The van der Waals surface area contributed by atoms with Crippen LogP contribution in [0, 0.1) is 12.8 Å². The Labute approximate surface area is 132 Å². The molecule has 0 saturated carbocycles. The van der Waals surface area contributed by atoms with E-state index in [4.69, 9.17) is 0 Å². The van der Waals surface area contributed by atoms with E-state index >= 15 is 0 Å². The summed E-state index contributed by atoms with van der Waals surface area (Å²) >= 11 is 0. The van der Waals surface area contributed by atoms with Crippen molar-refractivity contribution in [3.05, 3.63) is 23.8 Å². The van der Waals surface area contributed by atoms with Gasteiger partial charge in [-0.2, -0.15) is 0 Å². The molecule has 5 nitrogen and oxygen atoms in total. The largest absolute Gasteiger partial charge is 0.376 e. The van der Waals surface area contributed by atoms with E-state index < -0.39 is 0 Å². The molecule has 0 heterocycles. The van der Waals surface area contributed by atoms with E-state index in [2.05, 4.69) is 29.8 Å². The van der Waals surface area contributed by atoms with Gasteiger partial charge in [0, 0.05) is 23.8 Å². The van der Waals surface area contributed by atoms with Gasteiger partial charge in [0.2, 0.25) is 11.8 Å². The summed E-state index contributed by atoms with van der Waals surface area (Å²) in [6, 6.07) is 5.77.